The molecule has 0 saturated carbocycles. The number of hydrogen-bond donors (Lipinski definition) is 0. The molecule has 0 aliphatic carbocycles. The molecule has 0 aliphatic heterocycles. The average Bonchev–Trinajstić information content (AvgIpc) is 2.05. The summed E-state index contributed by atoms with van der Waals surface area (Å²) in [6, 6.07) is 0. The van der Waals surface area contributed by atoms with Gasteiger partial charge in [-0.15, -0.1) is 6.58 Å². The van der Waals surface area contributed by atoms with Gasteiger partial charge in [-0.1, -0.05) is 6.08 Å². The van der Waals surface area contributed by atoms with Crippen LogP contribution in [0.4, 0.5) is 13.2 Å². The van der Waals surface area contributed by atoms with Gasteiger partial charge in [0.05, 0.1) is 6.10 Å². The highest BCUT2D eigenvalue weighted by Gasteiger charge is 2.31. The summed E-state index contributed by atoms with van der Waals surface area (Å²) >= 11 is 0. The molecule has 0 heterocycles. The van der Waals surface area contributed by atoms with E-state index in [0.29, 0.717) is 10.5 Å². The van der Waals surface area contributed by atoms with Crippen molar-refractivity contribution in [3.63, 3.8) is 0 Å². The van der Waals surface area contributed by atoms with Crippen LogP contribution in [0.2, 0.25) is 0 Å². The van der Waals surface area contributed by atoms with E-state index in [1.165, 1.54) is 6.08 Å². The predicted molar refractivity (Wildman–Crippen MR) is 45.1 cm³/mol. The molecule has 3 atom stereocenters. The van der Waals surface area contributed by atoms with Gasteiger partial charge in [-0.05, 0) is 6.92 Å². The first-order chi connectivity index (χ1) is 5.54. The maximum Gasteiger partial charge on any atom is 0.270 e. The molecular weight excluding hydrogens is 185 g/mol. The number of halogens is 3. The molecule has 0 saturated heterocycles. The molecule has 0 aliphatic rings. The zero-order chi connectivity index (χ0) is 9.72. The van der Waals surface area contributed by atoms with Crippen molar-refractivity contribution in [1.29, 1.82) is 0 Å². The van der Waals surface area contributed by atoms with E-state index < -0.39 is 24.6 Å². The van der Waals surface area contributed by atoms with Crippen molar-refractivity contribution < 1.29 is 17.6 Å². The van der Waals surface area contributed by atoms with E-state index in [1.807, 2.05) is 0 Å². The monoisotopic (exact) mass is 198 g/mol. The van der Waals surface area contributed by atoms with Gasteiger partial charge < -0.3 is 4.43 Å². The molecule has 0 radical (unpaired) electrons. The molecule has 12 heavy (non-hydrogen) atoms. The van der Waals surface area contributed by atoms with Crippen LogP contribution in [0.3, 0.4) is 0 Å². The highest BCUT2D eigenvalue weighted by atomic mass is 28.2. The van der Waals surface area contributed by atoms with Crippen molar-refractivity contribution in [2.75, 3.05) is 0 Å². The van der Waals surface area contributed by atoms with Gasteiger partial charge >= 0.3 is 0 Å². The second kappa shape index (κ2) is 5.37. The van der Waals surface area contributed by atoms with Crippen LogP contribution in [0.5, 0.6) is 0 Å². The predicted octanol–water partition coefficient (Wildman–Crippen LogP) is 1.08. The molecule has 0 spiro atoms. The van der Waals surface area contributed by atoms with Gasteiger partial charge in [0.2, 0.25) is 0 Å². The topological polar surface area (TPSA) is 9.23 Å². The molecule has 0 aromatic heterocycles. The zero-order valence-corrected chi connectivity index (χ0v) is 9.14. The summed E-state index contributed by atoms with van der Waals surface area (Å²) in [5.41, 5.74) is 0. The summed E-state index contributed by atoms with van der Waals surface area (Å²) in [7, 11) is 0.408. The fourth-order valence-electron chi connectivity index (χ4n) is 0.906. The van der Waals surface area contributed by atoms with Gasteiger partial charge in [-0.2, -0.15) is 0 Å². The Morgan fingerprint density at radius 2 is 1.92 bits per heavy atom. The lowest BCUT2D eigenvalue weighted by molar-refractivity contribution is 0.0000320. The van der Waals surface area contributed by atoms with E-state index in [9.17, 15) is 13.2 Å². The lowest BCUT2D eigenvalue weighted by Gasteiger charge is -2.22. The Kier molecular flexibility index (Phi) is 5.24. The van der Waals surface area contributed by atoms with Crippen LogP contribution in [0.25, 0.3) is 0 Å². The minimum absolute atomic E-state index is 0.408. The molecule has 0 N–H and O–H groups in total. The van der Waals surface area contributed by atoms with Gasteiger partial charge in [0.25, 0.3) is 6.43 Å². The SMILES string of the molecule is C=CC(C(C)O[SiH3])C(F)C(F)F. The normalized spacial score (nSPS) is 19.1. The highest BCUT2D eigenvalue weighted by molar-refractivity contribution is 5.98. The van der Waals surface area contributed by atoms with Gasteiger partial charge in [-0.3, -0.25) is 0 Å². The Bertz CT molecular complexity index is 143. The first-order valence-corrected chi connectivity index (χ1v) is 4.43. The molecule has 72 valence electrons. The molecule has 0 amide bonds. The lowest BCUT2D eigenvalue weighted by atomic mass is 9.98. The van der Waals surface area contributed by atoms with E-state index in [0.717, 1.165) is 0 Å². The molecule has 0 aromatic rings. The maximum atomic E-state index is 12.7. The first-order valence-electron chi connectivity index (χ1n) is 3.62. The highest BCUT2D eigenvalue weighted by Crippen LogP contribution is 2.21. The van der Waals surface area contributed by atoms with E-state index in [2.05, 4.69) is 6.58 Å². The van der Waals surface area contributed by atoms with Crippen molar-refractivity contribution >= 4 is 10.5 Å². The Labute approximate surface area is 73.1 Å². The minimum atomic E-state index is -2.97. The summed E-state index contributed by atoms with van der Waals surface area (Å²) < 4.78 is 41.4. The zero-order valence-electron chi connectivity index (χ0n) is 7.14. The average molecular weight is 198 g/mol. The second-order valence-electron chi connectivity index (χ2n) is 2.53. The van der Waals surface area contributed by atoms with E-state index >= 15 is 0 Å². The van der Waals surface area contributed by atoms with Gasteiger partial charge in [0.1, 0.15) is 10.5 Å². The molecule has 3 unspecified atom stereocenters. The first kappa shape index (κ1) is 11.7. The molecule has 1 nitrogen and oxygen atoms in total. The van der Waals surface area contributed by atoms with Crippen LogP contribution in [0.15, 0.2) is 12.7 Å². The van der Waals surface area contributed by atoms with E-state index in [1.54, 1.807) is 6.92 Å². The van der Waals surface area contributed by atoms with Crippen LogP contribution in [-0.4, -0.2) is 29.2 Å². The van der Waals surface area contributed by atoms with Crippen molar-refractivity contribution in [3.05, 3.63) is 12.7 Å². The Hall–Kier alpha value is -0.293. The Morgan fingerprint density at radius 3 is 2.17 bits per heavy atom. The summed E-state index contributed by atoms with van der Waals surface area (Å²) in [4.78, 5) is 0. The molecular formula is C7H13F3OSi. The third-order valence-electron chi connectivity index (χ3n) is 1.79. The molecule has 5 heteroatoms. The van der Waals surface area contributed by atoms with Gasteiger partial charge in [0, 0.05) is 5.92 Å². The summed E-state index contributed by atoms with van der Waals surface area (Å²) in [6.45, 7) is 4.86. The fraction of sp³-hybridized carbons (Fsp3) is 0.714. The van der Waals surface area contributed by atoms with Crippen LogP contribution in [-0.2, 0) is 4.43 Å². The van der Waals surface area contributed by atoms with Gasteiger partial charge in [-0.25, -0.2) is 13.2 Å². The summed E-state index contributed by atoms with van der Waals surface area (Å²) in [5, 5.41) is 0. The number of rotatable bonds is 5. The quantitative estimate of drug-likeness (QED) is 0.474. The summed E-state index contributed by atoms with van der Waals surface area (Å²) in [5.74, 6) is -0.914. The van der Waals surface area contributed by atoms with Crippen LogP contribution < -0.4 is 0 Å². The number of hydrogen-bond acceptors (Lipinski definition) is 1. The maximum absolute atomic E-state index is 12.7. The van der Waals surface area contributed by atoms with Crippen molar-refractivity contribution in [1.82, 2.24) is 0 Å². The van der Waals surface area contributed by atoms with Crippen molar-refractivity contribution in [2.45, 2.75) is 25.6 Å². The lowest BCUT2D eigenvalue weighted by Crippen LogP contribution is -2.31. The second-order valence-corrected chi connectivity index (χ2v) is 3.00. The minimum Gasteiger partial charge on any atom is -0.425 e. The standard InChI is InChI=1S/C7H13F3OSi/c1-3-5(4(2)11-12)6(8)7(9)10/h3-7H,1H2,2,12H3. The largest absolute Gasteiger partial charge is 0.425 e. The van der Waals surface area contributed by atoms with E-state index in [4.69, 9.17) is 4.43 Å². The van der Waals surface area contributed by atoms with E-state index in [-0.39, 0.29) is 0 Å². The third kappa shape index (κ3) is 2.98. The number of alkyl halides is 3. The molecule has 0 fully saturated rings. The Balaban J connectivity index is 4.23. The van der Waals surface area contributed by atoms with Crippen molar-refractivity contribution in [3.8, 4) is 0 Å². The van der Waals surface area contributed by atoms with Gasteiger partial charge in [0.15, 0.2) is 6.17 Å². The molecule has 0 rings (SSSR count). The fourth-order valence-corrected chi connectivity index (χ4v) is 1.22. The van der Waals surface area contributed by atoms with Crippen LogP contribution >= 0.6 is 0 Å². The third-order valence-corrected chi connectivity index (χ3v) is 2.54. The molecule has 0 aromatic carbocycles. The smallest absolute Gasteiger partial charge is 0.270 e. The van der Waals surface area contributed by atoms with Crippen LogP contribution in [0, 0.1) is 5.92 Å². The van der Waals surface area contributed by atoms with Crippen molar-refractivity contribution in [2.24, 2.45) is 5.92 Å². The summed E-state index contributed by atoms with van der Waals surface area (Å²) in [6.07, 6.45) is -4.48. The van der Waals surface area contributed by atoms with Crippen LogP contribution in [0.1, 0.15) is 6.92 Å². The Morgan fingerprint density at radius 1 is 1.42 bits per heavy atom. The molecule has 0 bridgehead atoms.